The van der Waals surface area contributed by atoms with Gasteiger partial charge in [-0.2, -0.15) is 0 Å². The van der Waals surface area contributed by atoms with Crippen molar-refractivity contribution in [3.63, 3.8) is 0 Å². The molecule has 0 atom stereocenters. The monoisotopic (exact) mass is 450 g/mol. The molecule has 0 radical (unpaired) electrons. The van der Waals surface area contributed by atoms with Crippen LogP contribution < -0.4 is 9.47 Å². The van der Waals surface area contributed by atoms with Gasteiger partial charge in [-0.15, -0.1) is 0 Å². The quantitative estimate of drug-likeness (QED) is 0.479. The molecule has 2 aromatic carbocycles. The molecule has 174 valence electrons. The van der Waals surface area contributed by atoms with Crippen LogP contribution in [-0.4, -0.2) is 42.6 Å². The number of aryl methyl sites for hydroxylation is 1. The number of ether oxygens (including phenoxy) is 3. The van der Waals surface area contributed by atoms with E-state index in [2.05, 4.69) is 4.98 Å². The number of aromatic amines is 1. The minimum absolute atomic E-state index is 0.137. The lowest BCUT2D eigenvalue weighted by Crippen LogP contribution is -2.30. The SMILES string of the molecule is CCOC(=O)c1[nH]c(C)c(CN(Cc2ccc(OC)cc2)C(=O)c2cccc(OC)c2)c1C. The summed E-state index contributed by atoms with van der Waals surface area (Å²) in [4.78, 5) is 30.8. The van der Waals surface area contributed by atoms with Gasteiger partial charge >= 0.3 is 5.97 Å². The maximum atomic E-state index is 13.6. The van der Waals surface area contributed by atoms with Crippen LogP contribution >= 0.6 is 0 Å². The summed E-state index contributed by atoms with van der Waals surface area (Å²) in [6.45, 7) is 6.55. The smallest absolute Gasteiger partial charge is 0.355 e. The topological polar surface area (TPSA) is 80.9 Å². The first-order valence-corrected chi connectivity index (χ1v) is 10.8. The average molecular weight is 451 g/mol. The van der Waals surface area contributed by atoms with Crippen LogP contribution in [0.15, 0.2) is 48.5 Å². The van der Waals surface area contributed by atoms with Gasteiger partial charge < -0.3 is 24.1 Å². The van der Waals surface area contributed by atoms with Crippen LogP contribution in [0.1, 0.15) is 50.2 Å². The first-order valence-electron chi connectivity index (χ1n) is 10.8. The van der Waals surface area contributed by atoms with Gasteiger partial charge in [0.25, 0.3) is 5.91 Å². The lowest BCUT2D eigenvalue weighted by Gasteiger charge is -2.24. The zero-order valence-electron chi connectivity index (χ0n) is 19.7. The van der Waals surface area contributed by atoms with Crippen molar-refractivity contribution in [2.24, 2.45) is 0 Å². The Balaban J connectivity index is 1.96. The maximum absolute atomic E-state index is 13.6. The van der Waals surface area contributed by atoms with Crippen molar-refractivity contribution in [3.05, 3.63) is 82.2 Å². The minimum atomic E-state index is -0.398. The lowest BCUT2D eigenvalue weighted by molar-refractivity contribution is 0.0519. The minimum Gasteiger partial charge on any atom is -0.497 e. The summed E-state index contributed by atoms with van der Waals surface area (Å²) in [5.41, 5.74) is 4.41. The molecule has 0 spiro atoms. The summed E-state index contributed by atoms with van der Waals surface area (Å²) in [6, 6.07) is 14.7. The van der Waals surface area contributed by atoms with Crippen molar-refractivity contribution >= 4 is 11.9 Å². The van der Waals surface area contributed by atoms with Gasteiger partial charge in [-0.3, -0.25) is 4.79 Å². The van der Waals surface area contributed by atoms with Gasteiger partial charge in [0.15, 0.2) is 0 Å². The van der Waals surface area contributed by atoms with E-state index in [9.17, 15) is 9.59 Å². The van der Waals surface area contributed by atoms with Crippen LogP contribution in [0.2, 0.25) is 0 Å². The van der Waals surface area contributed by atoms with Crippen molar-refractivity contribution in [3.8, 4) is 11.5 Å². The van der Waals surface area contributed by atoms with Gasteiger partial charge in [-0.05, 0) is 67.8 Å². The molecule has 33 heavy (non-hydrogen) atoms. The highest BCUT2D eigenvalue weighted by Crippen LogP contribution is 2.24. The molecule has 1 N–H and O–H groups in total. The molecule has 1 heterocycles. The summed E-state index contributed by atoms with van der Waals surface area (Å²) >= 11 is 0. The van der Waals surface area contributed by atoms with Crippen molar-refractivity contribution in [2.75, 3.05) is 20.8 Å². The summed E-state index contributed by atoms with van der Waals surface area (Å²) in [5, 5.41) is 0. The van der Waals surface area contributed by atoms with Crippen molar-refractivity contribution in [1.29, 1.82) is 0 Å². The van der Waals surface area contributed by atoms with E-state index in [0.29, 0.717) is 36.7 Å². The molecule has 7 heteroatoms. The fraction of sp³-hybridized carbons (Fsp3) is 0.308. The van der Waals surface area contributed by atoms with Gasteiger partial charge in [0.1, 0.15) is 17.2 Å². The Kier molecular flexibility index (Phi) is 7.77. The normalized spacial score (nSPS) is 10.6. The largest absolute Gasteiger partial charge is 0.497 e. The predicted octanol–water partition coefficient (Wildman–Crippen LogP) is 4.67. The van der Waals surface area contributed by atoms with E-state index in [1.807, 2.05) is 38.1 Å². The molecule has 1 amide bonds. The van der Waals surface area contributed by atoms with Gasteiger partial charge in [-0.25, -0.2) is 4.79 Å². The highest BCUT2D eigenvalue weighted by atomic mass is 16.5. The van der Waals surface area contributed by atoms with E-state index in [0.717, 1.165) is 28.1 Å². The molecule has 0 unspecified atom stereocenters. The van der Waals surface area contributed by atoms with Crippen LogP contribution in [0.4, 0.5) is 0 Å². The zero-order chi connectivity index (χ0) is 24.0. The zero-order valence-corrected chi connectivity index (χ0v) is 19.7. The fourth-order valence-corrected chi connectivity index (χ4v) is 3.71. The molecule has 1 aromatic heterocycles. The number of carbonyl (C=O) groups excluding carboxylic acids is 2. The van der Waals surface area contributed by atoms with E-state index >= 15 is 0 Å². The third kappa shape index (κ3) is 5.55. The number of rotatable bonds is 9. The van der Waals surface area contributed by atoms with Gasteiger partial charge in [0.05, 0.1) is 20.8 Å². The van der Waals surface area contributed by atoms with Crippen LogP contribution in [-0.2, 0) is 17.8 Å². The molecule has 0 saturated carbocycles. The molecule has 0 aliphatic carbocycles. The Morgan fingerprint density at radius 3 is 2.27 bits per heavy atom. The number of hydrogen-bond acceptors (Lipinski definition) is 5. The predicted molar refractivity (Wildman–Crippen MR) is 126 cm³/mol. The molecule has 0 bridgehead atoms. The Labute approximate surface area is 194 Å². The Morgan fingerprint density at radius 1 is 0.939 bits per heavy atom. The Morgan fingerprint density at radius 2 is 1.64 bits per heavy atom. The highest BCUT2D eigenvalue weighted by Gasteiger charge is 2.23. The number of aromatic nitrogens is 1. The summed E-state index contributed by atoms with van der Waals surface area (Å²) < 4.78 is 15.7. The van der Waals surface area contributed by atoms with Crippen LogP contribution in [0.5, 0.6) is 11.5 Å². The van der Waals surface area contributed by atoms with Crippen molar-refractivity contribution in [2.45, 2.75) is 33.9 Å². The van der Waals surface area contributed by atoms with E-state index < -0.39 is 5.97 Å². The van der Waals surface area contributed by atoms with Crippen molar-refractivity contribution < 1.29 is 23.8 Å². The molecule has 0 fully saturated rings. The number of carbonyl (C=O) groups is 2. The highest BCUT2D eigenvalue weighted by molar-refractivity contribution is 5.95. The molecule has 0 aliphatic rings. The Bertz CT molecular complexity index is 1120. The second-order valence-corrected chi connectivity index (χ2v) is 7.69. The number of esters is 1. The lowest BCUT2D eigenvalue weighted by atomic mass is 10.1. The van der Waals surface area contributed by atoms with Gasteiger partial charge in [-0.1, -0.05) is 18.2 Å². The number of nitrogens with zero attached hydrogens (tertiary/aromatic N) is 1. The van der Waals surface area contributed by atoms with Crippen LogP contribution in [0.25, 0.3) is 0 Å². The Hall–Kier alpha value is -3.74. The summed E-state index contributed by atoms with van der Waals surface area (Å²) in [6.07, 6.45) is 0. The third-order valence-corrected chi connectivity index (χ3v) is 5.56. The van der Waals surface area contributed by atoms with E-state index in [1.54, 1.807) is 50.3 Å². The van der Waals surface area contributed by atoms with Gasteiger partial charge in [0, 0.05) is 24.3 Å². The molecular formula is C26H30N2O5. The summed E-state index contributed by atoms with van der Waals surface area (Å²) in [5.74, 6) is 0.831. The number of H-pyrrole nitrogens is 1. The standard InChI is InChI=1S/C26H30N2O5/c1-6-33-26(30)24-17(2)23(18(3)27-24)16-28(15-19-10-12-21(31-4)13-11-19)25(29)20-8-7-9-22(14-20)32-5/h7-14,27H,6,15-16H2,1-5H3. The molecule has 3 aromatic rings. The number of hydrogen-bond donors (Lipinski definition) is 1. The van der Waals surface area contributed by atoms with E-state index in [4.69, 9.17) is 14.2 Å². The second-order valence-electron chi connectivity index (χ2n) is 7.69. The first-order chi connectivity index (χ1) is 15.9. The number of nitrogens with one attached hydrogen (secondary N) is 1. The van der Waals surface area contributed by atoms with Crippen LogP contribution in [0.3, 0.4) is 0 Å². The molecule has 3 rings (SSSR count). The number of methoxy groups -OCH3 is 2. The first kappa shape index (κ1) is 23.9. The molecule has 0 aliphatic heterocycles. The fourth-order valence-electron chi connectivity index (χ4n) is 3.71. The van der Waals surface area contributed by atoms with Crippen molar-refractivity contribution in [1.82, 2.24) is 9.88 Å². The maximum Gasteiger partial charge on any atom is 0.355 e. The third-order valence-electron chi connectivity index (χ3n) is 5.56. The van der Waals surface area contributed by atoms with Crippen LogP contribution in [0, 0.1) is 13.8 Å². The number of benzene rings is 2. The van der Waals surface area contributed by atoms with E-state index in [1.165, 1.54) is 0 Å². The molecular weight excluding hydrogens is 420 g/mol. The molecule has 7 nitrogen and oxygen atoms in total. The molecule has 0 saturated heterocycles. The average Bonchev–Trinajstić information content (AvgIpc) is 3.12. The van der Waals surface area contributed by atoms with E-state index in [-0.39, 0.29) is 5.91 Å². The number of amides is 1. The second kappa shape index (κ2) is 10.7. The summed E-state index contributed by atoms with van der Waals surface area (Å²) in [7, 11) is 3.19. The van der Waals surface area contributed by atoms with Gasteiger partial charge in [0.2, 0.25) is 0 Å².